The zero-order chi connectivity index (χ0) is 11.6. The zero-order valence-corrected chi connectivity index (χ0v) is 10.9. The number of rotatable bonds is 3. The van der Waals surface area contributed by atoms with Crippen LogP contribution < -0.4 is 5.32 Å². The first-order chi connectivity index (χ1) is 7.59. The summed E-state index contributed by atoms with van der Waals surface area (Å²) >= 11 is 11.8. The Labute approximate surface area is 106 Å². The molecule has 1 fully saturated rings. The van der Waals surface area contributed by atoms with Crippen molar-refractivity contribution in [1.29, 1.82) is 0 Å². The standard InChI is InChI=1S/C12H16Cl2N2/c1-12(4-2-3-5-12)8-16-11-10(14)6-9(13)7-15-11/h6-7H,2-5,8H2,1H3,(H,15,16). The van der Waals surface area contributed by atoms with E-state index in [0.717, 1.165) is 12.4 Å². The van der Waals surface area contributed by atoms with Crippen LogP contribution in [-0.2, 0) is 0 Å². The molecule has 0 saturated heterocycles. The lowest BCUT2D eigenvalue weighted by atomic mass is 9.89. The summed E-state index contributed by atoms with van der Waals surface area (Å²) in [5.41, 5.74) is 0.393. The summed E-state index contributed by atoms with van der Waals surface area (Å²) < 4.78 is 0. The fourth-order valence-corrected chi connectivity index (χ4v) is 2.69. The Hall–Kier alpha value is -0.470. The van der Waals surface area contributed by atoms with E-state index in [-0.39, 0.29) is 0 Å². The molecule has 1 aliphatic rings. The predicted molar refractivity (Wildman–Crippen MR) is 69.3 cm³/mol. The third-order valence-electron chi connectivity index (χ3n) is 3.30. The van der Waals surface area contributed by atoms with E-state index < -0.39 is 0 Å². The Kier molecular flexibility index (Phi) is 3.60. The van der Waals surface area contributed by atoms with Crippen molar-refractivity contribution in [3.63, 3.8) is 0 Å². The van der Waals surface area contributed by atoms with Gasteiger partial charge in [-0.15, -0.1) is 0 Å². The van der Waals surface area contributed by atoms with Crippen molar-refractivity contribution >= 4 is 29.0 Å². The topological polar surface area (TPSA) is 24.9 Å². The summed E-state index contributed by atoms with van der Waals surface area (Å²) in [5, 5.41) is 4.48. The highest BCUT2D eigenvalue weighted by atomic mass is 35.5. The van der Waals surface area contributed by atoms with Crippen LogP contribution in [0.4, 0.5) is 5.82 Å². The van der Waals surface area contributed by atoms with E-state index in [1.807, 2.05) is 0 Å². The van der Waals surface area contributed by atoms with Crippen molar-refractivity contribution in [1.82, 2.24) is 4.98 Å². The molecule has 1 N–H and O–H groups in total. The minimum absolute atomic E-state index is 0.393. The monoisotopic (exact) mass is 258 g/mol. The highest BCUT2D eigenvalue weighted by Crippen LogP contribution is 2.37. The minimum atomic E-state index is 0.393. The van der Waals surface area contributed by atoms with E-state index in [1.54, 1.807) is 12.3 Å². The zero-order valence-electron chi connectivity index (χ0n) is 9.39. The normalized spacial score (nSPS) is 18.7. The second-order valence-corrected chi connectivity index (χ2v) is 5.70. The highest BCUT2D eigenvalue weighted by molar-refractivity contribution is 6.35. The van der Waals surface area contributed by atoms with Crippen LogP contribution in [0.2, 0.25) is 10.0 Å². The maximum atomic E-state index is 6.05. The Morgan fingerprint density at radius 1 is 1.38 bits per heavy atom. The fourth-order valence-electron chi connectivity index (χ4n) is 2.25. The van der Waals surface area contributed by atoms with E-state index in [9.17, 15) is 0 Å². The molecule has 4 heteroatoms. The van der Waals surface area contributed by atoms with E-state index in [1.165, 1.54) is 25.7 Å². The van der Waals surface area contributed by atoms with Crippen molar-refractivity contribution < 1.29 is 0 Å². The summed E-state index contributed by atoms with van der Waals surface area (Å²) in [6.07, 6.45) is 6.85. The summed E-state index contributed by atoms with van der Waals surface area (Å²) in [6, 6.07) is 1.72. The van der Waals surface area contributed by atoms with Gasteiger partial charge < -0.3 is 5.32 Å². The van der Waals surface area contributed by atoms with Crippen LogP contribution in [0.5, 0.6) is 0 Å². The Bertz CT molecular complexity index is 373. The molecule has 1 saturated carbocycles. The molecule has 88 valence electrons. The fraction of sp³-hybridized carbons (Fsp3) is 0.583. The van der Waals surface area contributed by atoms with E-state index in [4.69, 9.17) is 23.2 Å². The molecular weight excluding hydrogens is 243 g/mol. The van der Waals surface area contributed by atoms with Gasteiger partial charge in [0.25, 0.3) is 0 Å². The molecule has 0 aliphatic heterocycles. The van der Waals surface area contributed by atoms with Crippen molar-refractivity contribution in [3.05, 3.63) is 22.3 Å². The molecule has 1 heterocycles. The summed E-state index contributed by atoms with van der Waals surface area (Å²) in [7, 11) is 0. The van der Waals surface area contributed by atoms with E-state index >= 15 is 0 Å². The largest absolute Gasteiger partial charge is 0.368 e. The summed E-state index contributed by atoms with van der Waals surface area (Å²) in [4.78, 5) is 4.19. The molecule has 1 aromatic heterocycles. The van der Waals surface area contributed by atoms with Gasteiger partial charge in [-0.3, -0.25) is 0 Å². The first-order valence-electron chi connectivity index (χ1n) is 5.64. The highest BCUT2D eigenvalue weighted by Gasteiger charge is 2.28. The van der Waals surface area contributed by atoms with Crippen LogP contribution in [0.15, 0.2) is 12.3 Å². The number of nitrogens with zero attached hydrogens (tertiary/aromatic N) is 1. The SMILES string of the molecule is CC1(CNc2ncc(Cl)cc2Cl)CCCC1. The molecule has 0 spiro atoms. The number of hydrogen-bond donors (Lipinski definition) is 1. The second kappa shape index (κ2) is 4.80. The molecule has 2 nitrogen and oxygen atoms in total. The number of halogens is 2. The average Bonchev–Trinajstić information content (AvgIpc) is 2.64. The number of pyridine rings is 1. The maximum absolute atomic E-state index is 6.05. The van der Waals surface area contributed by atoms with Gasteiger partial charge in [-0.25, -0.2) is 4.98 Å². The molecule has 0 amide bonds. The van der Waals surface area contributed by atoms with Gasteiger partial charge in [-0.2, -0.15) is 0 Å². The maximum Gasteiger partial charge on any atom is 0.144 e. The van der Waals surface area contributed by atoms with Crippen LogP contribution in [0.25, 0.3) is 0 Å². The van der Waals surface area contributed by atoms with Gasteiger partial charge in [0.2, 0.25) is 0 Å². The molecule has 0 atom stereocenters. The van der Waals surface area contributed by atoms with Gasteiger partial charge in [0.15, 0.2) is 0 Å². The molecule has 1 aromatic rings. The summed E-state index contributed by atoms with van der Waals surface area (Å²) in [6.45, 7) is 3.25. The number of nitrogens with one attached hydrogen (secondary N) is 1. The van der Waals surface area contributed by atoms with Crippen LogP contribution in [0.3, 0.4) is 0 Å². The minimum Gasteiger partial charge on any atom is -0.368 e. The van der Waals surface area contributed by atoms with Crippen LogP contribution >= 0.6 is 23.2 Å². The Balaban J connectivity index is 1.99. The summed E-state index contributed by atoms with van der Waals surface area (Å²) in [5.74, 6) is 0.735. The van der Waals surface area contributed by atoms with Gasteiger partial charge in [-0.05, 0) is 24.3 Å². The van der Waals surface area contributed by atoms with Crippen molar-refractivity contribution in [3.8, 4) is 0 Å². The van der Waals surface area contributed by atoms with Gasteiger partial charge >= 0.3 is 0 Å². The molecule has 0 unspecified atom stereocenters. The first kappa shape index (κ1) is 12.0. The molecule has 1 aliphatic carbocycles. The van der Waals surface area contributed by atoms with Gasteiger partial charge in [0.05, 0.1) is 10.0 Å². The predicted octanol–water partition coefficient (Wildman–Crippen LogP) is 4.38. The van der Waals surface area contributed by atoms with Crippen molar-refractivity contribution in [2.75, 3.05) is 11.9 Å². The van der Waals surface area contributed by atoms with Crippen molar-refractivity contribution in [2.24, 2.45) is 5.41 Å². The van der Waals surface area contributed by atoms with Gasteiger partial charge in [0.1, 0.15) is 5.82 Å². The number of aromatic nitrogens is 1. The van der Waals surface area contributed by atoms with Crippen molar-refractivity contribution in [2.45, 2.75) is 32.6 Å². The average molecular weight is 259 g/mol. The molecule has 16 heavy (non-hydrogen) atoms. The smallest absolute Gasteiger partial charge is 0.144 e. The van der Waals surface area contributed by atoms with Crippen LogP contribution in [0.1, 0.15) is 32.6 Å². The lowest BCUT2D eigenvalue weighted by molar-refractivity contribution is 0.361. The quantitative estimate of drug-likeness (QED) is 0.871. The van der Waals surface area contributed by atoms with E-state index in [0.29, 0.717) is 15.5 Å². The molecule has 0 radical (unpaired) electrons. The van der Waals surface area contributed by atoms with E-state index in [2.05, 4.69) is 17.2 Å². The van der Waals surface area contributed by atoms with Crippen LogP contribution in [-0.4, -0.2) is 11.5 Å². The Morgan fingerprint density at radius 2 is 2.06 bits per heavy atom. The van der Waals surface area contributed by atoms with Gasteiger partial charge in [-0.1, -0.05) is 43.0 Å². The molecular formula is C12H16Cl2N2. The van der Waals surface area contributed by atoms with Crippen LogP contribution in [0, 0.1) is 5.41 Å². The third-order valence-corrected chi connectivity index (χ3v) is 3.80. The number of anilines is 1. The van der Waals surface area contributed by atoms with Gasteiger partial charge in [0, 0.05) is 12.7 Å². The first-order valence-corrected chi connectivity index (χ1v) is 6.40. The lowest BCUT2D eigenvalue weighted by Gasteiger charge is -2.24. The third kappa shape index (κ3) is 2.80. The number of hydrogen-bond acceptors (Lipinski definition) is 2. The Morgan fingerprint density at radius 3 is 2.69 bits per heavy atom. The molecule has 0 bridgehead atoms. The molecule has 2 rings (SSSR count). The molecule has 0 aromatic carbocycles. The lowest BCUT2D eigenvalue weighted by Crippen LogP contribution is -2.23. The second-order valence-electron chi connectivity index (χ2n) is 4.86.